The van der Waals surface area contributed by atoms with Gasteiger partial charge in [0.1, 0.15) is 12.6 Å². The number of carbonyl (C=O) groups is 2. The summed E-state index contributed by atoms with van der Waals surface area (Å²) in [4.78, 5) is 29.0. The van der Waals surface area contributed by atoms with Crippen molar-refractivity contribution in [2.24, 2.45) is 0 Å². The standard InChI is InChI=1S/C31H37Cl2N3O4S/c1-6-23(5)34-31(38)28(7-2)35(19-24-14-15-26(32)27(33)18-24)30(37)20-36(29-16-13-21(3)17-22(29)4)41(39,40)25-11-9-8-10-12-25/h8-18,23,28H,6-7,19-20H2,1-5H3,(H,34,38)/t23-,28-/m1/s1. The van der Waals surface area contributed by atoms with E-state index in [1.165, 1.54) is 17.0 Å². The highest BCUT2D eigenvalue weighted by Crippen LogP contribution is 2.29. The highest BCUT2D eigenvalue weighted by Gasteiger charge is 2.34. The Kier molecular flexibility index (Phi) is 11.2. The molecule has 0 aromatic heterocycles. The lowest BCUT2D eigenvalue weighted by Gasteiger charge is -2.34. The van der Waals surface area contributed by atoms with Crippen LogP contribution < -0.4 is 9.62 Å². The third-order valence-corrected chi connectivity index (χ3v) is 9.47. The van der Waals surface area contributed by atoms with Crippen LogP contribution >= 0.6 is 23.2 Å². The highest BCUT2D eigenvalue weighted by atomic mass is 35.5. The van der Waals surface area contributed by atoms with Gasteiger partial charge in [0.05, 0.1) is 20.6 Å². The van der Waals surface area contributed by atoms with Crippen LogP contribution in [-0.4, -0.2) is 43.8 Å². The van der Waals surface area contributed by atoms with Crippen molar-refractivity contribution in [1.82, 2.24) is 10.2 Å². The van der Waals surface area contributed by atoms with Crippen LogP contribution in [0.5, 0.6) is 0 Å². The lowest BCUT2D eigenvalue weighted by molar-refractivity contribution is -0.140. The molecule has 2 amide bonds. The molecule has 1 N–H and O–H groups in total. The summed E-state index contributed by atoms with van der Waals surface area (Å²) < 4.78 is 29.1. The molecule has 0 radical (unpaired) electrons. The monoisotopic (exact) mass is 617 g/mol. The Morgan fingerprint density at radius 2 is 1.59 bits per heavy atom. The number of nitrogens with zero attached hydrogens (tertiary/aromatic N) is 2. The first kappa shape index (κ1) is 32.4. The minimum Gasteiger partial charge on any atom is -0.352 e. The first-order valence-corrected chi connectivity index (χ1v) is 15.8. The molecule has 3 aromatic rings. The minimum absolute atomic E-state index is 0.0360. The molecule has 0 aliphatic carbocycles. The lowest BCUT2D eigenvalue weighted by atomic mass is 10.1. The van der Waals surface area contributed by atoms with E-state index in [0.29, 0.717) is 33.3 Å². The molecule has 0 saturated carbocycles. The average molecular weight is 619 g/mol. The second kappa shape index (κ2) is 14.2. The number of rotatable bonds is 12. The van der Waals surface area contributed by atoms with E-state index in [-0.39, 0.29) is 23.4 Å². The molecule has 220 valence electrons. The lowest BCUT2D eigenvalue weighted by Crippen LogP contribution is -2.53. The summed E-state index contributed by atoms with van der Waals surface area (Å²) in [5.74, 6) is -0.832. The topological polar surface area (TPSA) is 86.8 Å². The molecular weight excluding hydrogens is 581 g/mol. The number of amides is 2. The van der Waals surface area contributed by atoms with Crippen molar-refractivity contribution in [3.05, 3.63) is 93.5 Å². The zero-order chi connectivity index (χ0) is 30.3. The van der Waals surface area contributed by atoms with Gasteiger partial charge in [0.25, 0.3) is 10.0 Å². The fourth-order valence-electron chi connectivity index (χ4n) is 4.51. The van der Waals surface area contributed by atoms with Crippen LogP contribution in [0.3, 0.4) is 0 Å². The van der Waals surface area contributed by atoms with Gasteiger partial charge in [-0.25, -0.2) is 8.42 Å². The fourth-order valence-corrected chi connectivity index (χ4v) is 6.33. The third-order valence-electron chi connectivity index (χ3n) is 6.95. The van der Waals surface area contributed by atoms with Crippen LogP contribution in [0.15, 0.2) is 71.6 Å². The second-order valence-electron chi connectivity index (χ2n) is 10.1. The van der Waals surface area contributed by atoms with Gasteiger partial charge in [0.2, 0.25) is 11.8 Å². The molecule has 0 saturated heterocycles. The Bertz CT molecular complexity index is 1480. The third kappa shape index (κ3) is 8.03. The molecular formula is C31H37Cl2N3O4S. The van der Waals surface area contributed by atoms with Crippen LogP contribution in [0.2, 0.25) is 10.0 Å². The van der Waals surface area contributed by atoms with Gasteiger partial charge < -0.3 is 10.2 Å². The SMILES string of the molecule is CC[C@@H](C)NC(=O)[C@@H](CC)N(Cc1ccc(Cl)c(Cl)c1)C(=O)CN(c1ccc(C)cc1C)S(=O)(=O)c1ccccc1. The van der Waals surface area contributed by atoms with Gasteiger partial charge in [-0.05, 0) is 75.1 Å². The molecule has 7 nitrogen and oxygen atoms in total. The summed E-state index contributed by atoms with van der Waals surface area (Å²) in [5.41, 5.74) is 2.71. The van der Waals surface area contributed by atoms with E-state index in [9.17, 15) is 18.0 Å². The molecule has 41 heavy (non-hydrogen) atoms. The molecule has 10 heteroatoms. The number of hydrogen-bond donors (Lipinski definition) is 1. The van der Waals surface area contributed by atoms with Gasteiger partial charge in [-0.1, -0.05) is 79.0 Å². The Morgan fingerprint density at radius 3 is 2.17 bits per heavy atom. The number of anilines is 1. The summed E-state index contributed by atoms with van der Waals surface area (Å²) in [6, 6.07) is 17.5. The Hall–Kier alpha value is -3.07. The molecule has 0 unspecified atom stereocenters. The van der Waals surface area contributed by atoms with Gasteiger partial charge in [0.15, 0.2) is 0 Å². The summed E-state index contributed by atoms with van der Waals surface area (Å²) in [5, 5.41) is 3.65. The van der Waals surface area contributed by atoms with Crippen molar-refractivity contribution in [3.8, 4) is 0 Å². The quantitative estimate of drug-likeness (QED) is 0.250. The van der Waals surface area contributed by atoms with E-state index in [1.54, 1.807) is 42.5 Å². The Balaban J connectivity index is 2.10. The van der Waals surface area contributed by atoms with E-state index < -0.39 is 28.5 Å². The maximum atomic E-state index is 14.2. The number of carbonyl (C=O) groups excluding carboxylic acids is 2. The summed E-state index contributed by atoms with van der Waals surface area (Å²) >= 11 is 12.4. The molecule has 0 fully saturated rings. The first-order valence-electron chi connectivity index (χ1n) is 13.6. The normalized spacial score (nSPS) is 12.9. The van der Waals surface area contributed by atoms with Gasteiger partial charge in [0, 0.05) is 12.6 Å². The summed E-state index contributed by atoms with van der Waals surface area (Å²) in [6.07, 6.45) is 1.04. The molecule has 3 rings (SSSR count). The van der Waals surface area contributed by atoms with Crippen molar-refractivity contribution in [2.45, 2.75) is 71.0 Å². The number of nitrogens with one attached hydrogen (secondary N) is 1. The van der Waals surface area contributed by atoms with Crippen LogP contribution in [-0.2, 0) is 26.2 Å². The second-order valence-corrected chi connectivity index (χ2v) is 12.8. The summed E-state index contributed by atoms with van der Waals surface area (Å²) in [6.45, 7) is 8.92. The number of halogens is 2. The largest absolute Gasteiger partial charge is 0.352 e. The van der Waals surface area contributed by atoms with Crippen molar-refractivity contribution in [1.29, 1.82) is 0 Å². The van der Waals surface area contributed by atoms with Gasteiger partial charge in [-0.2, -0.15) is 0 Å². The van der Waals surface area contributed by atoms with Crippen molar-refractivity contribution >= 4 is 50.7 Å². The molecule has 3 aromatic carbocycles. The number of aryl methyl sites for hydroxylation is 2. The molecule has 0 aliphatic heterocycles. The number of benzene rings is 3. The maximum absolute atomic E-state index is 14.2. The van der Waals surface area contributed by atoms with E-state index in [2.05, 4.69) is 5.32 Å². The number of hydrogen-bond acceptors (Lipinski definition) is 4. The minimum atomic E-state index is -4.13. The zero-order valence-corrected chi connectivity index (χ0v) is 26.4. The van der Waals surface area contributed by atoms with E-state index >= 15 is 0 Å². The maximum Gasteiger partial charge on any atom is 0.264 e. The van der Waals surface area contributed by atoms with Gasteiger partial charge in [-0.3, -0.25) is 13.9 Å². The van der Waals surface area contributed by atoms with Crippen molar-refractivity contribution in [2.75, 3.05) is 10.8 Å². The molecule has 2 atom stereocenters. The van der Waals surface area contributed by atoms with Crippen molar-refractivity contribution < 1.29 is 18.0 Å². The highest BCUT2D eigenvalue weighted by molar-refractivity contribution is 7.92. The van der Waals surface area contributed by atoms with E-state index in [0.717, 1.165) is 16.3 Å². The zero-order valence-electron chi connectivity index (χ0n) is 24.0. The van der Waals surface area contributed by atoms with Gasteiger partial charge >= 0.3 is 0 Å². The smallest absolute Gasteiger partial charge is 0.264 e. The average Bonchev–Trinajstić information content (AvgIpc) is 2.94. The fraction of sp³-hybridized carbons (Fsp3) is 0.355. The van der Waals surface area contributed by atoms with Crippen LogP contribution in [0.4, 0.5) is 5.69 Å². The van der Waals surface area contributed by atoms with Crippen molar-refractivity contribution in [3.63, 3.8) is 0 Å². The predicted octanol–water partition coefficient (Wildman–Crippen LogP) is 6.53. The Morgan fingerprint density at radius 1 is 0.902 bits per heavy atom. The van der Waals surface area contributed by atoms with Gasteiger partial charge in [-0.15, -0.1) is 0 Å². The van der Waals surface area contributed by atoms with Crippen LogP contribution in [0.25, 0.3) is 0 Å². The summed E-state index contributed by atoms with van der Waals surface area (Å²) in [7, 11) is -4.13. The predicted molar refractivity (Wildman–Crippen MR) is 166 cm³/mol. The van der Waals surface area contributed by atoms with E-state index in [4.69, 9.17) is 23.2 Å². The Labute approximate surface area is 253 Å². The van der Waals surface area contributed by atoms with E-state index in [1.807, 2.05) is 46.8 Å². The van der Waals surface area contributed by atoms with Crippen LogP contribution in [0.1, 0.15) is 50.3 Å². The van der Waals surface area contributed by atoms with Crippen LogP contribution in [0, 0.1) is 13.8 Å². The number of sulfonamides is 1. The molecule has 0 bridgehead atoms. The molecule has 0 heterocycles. The molecule has 0 spiro atoms. The first-order chi connectivity index (χ1) is 19.4. The molecule has 0 aliphatic rings.